The predicted molar refractivity (Wildman–Crippen MR) is 68.6 cm³/mol. The number of hydrogen-bond donors (Lipinski definition) is 1. The fraction of sp³-hybridized carbons (Fsp3) is 0.286. The molecular weight excluding hydrogens is 262 g/mol. The highest BCUT2D eigenvalue weighted by molar-refractivity contribution is 5.88. The summed E-state index contributed by atoms with van der Waals surface area (Å²) in [6.07, 6.45) is 0. The Kier molecular flexibility index (Phi) is 3.15. The van der Waals surface area contributed by atoms with Crippen molar-refractivity contribution in [2.75, 3.05) is 6.61 Å². The van der Waals surface area contributed by atoms with Crippen LogP contribution in [0.4, 0.5) is 0 Å². The molecule has 0 bridgehead atoms. The van der Waals surface area contributed by atoms with Crippen molar-refractivity contribution in [1.29, 1.82) is 0 Å². The molecule has 0 fully saturated rings. The number of oxazole rings is 1. The van der Waals surface area contributed by atoms with Gasteiger partial charge in [0.2, 0.25) is 11.6 Å². The maximum atomic E-state index is 11.1. The molecule has 3 rings (SSSR count). The van der Waals surface area contributed by atoms with E-state index in [9.17, 15) is 4.79 Å². The number of fused-ring (bicyclic) bond motifs is 1. The van der Waals surface area contributed by atoms with Crippen LogP contribution in [0.5, 0.6) is 5.95 Å². The Morgan fingerprint density at radius 3 is 2.95 bits per heavy atom. The Morgan fingerprint density at radius 1 is 1.40 bits per heavy atom. The SMILES string of the molecule is CCOc1oc(-c2ccc3c(c2)COC3)nc1C(=O)O. The van der Waals surface area contributed by atoms with E-state index in [1.165, 1.54) is 0 Å². The summed E-state index contributed by atoms with van der Waals surface area (Å²) in [4.78, 5) is 15.1. The molecule has 0 aliphatic carbocycles. The molecule has 1 aromatic heterocycles. The van der Waals surface area contributed by atoms with Gasteiger partial charge in [0.25, 0.3) is 0 Å². The van der Waals surface area contributed by atoms with Crippen LogP contribution in [0.1, 0.15) is 28.5 Å². The van der Waals surface area contributed by atoms with Crippen molar-refractivity contribution < 1.29 is 23.8 Å². The molecule has 0 spiro atoms. The molecule has 0 saturated heterocycles. The van der Waals surface area contributed by atoms with Crippen molar-refractivity contribution in [3.8, 4) is 17.4 Å². The van der Waals surface area contributed by atoms with Crippen LogP contribution in [0, 0.1) is 0 Å². The van der Waals surface area contributed by atoms with Crippen LogP contribution >= 0.6 is 0 Å². The van der Waals surface area contributed by atoms with Gasteiger partial charge in [-0.15, -0.1) is 0 Å². The van der Waals surface area contributed by atoms with E-state index in [2.05, 4.69) is 4.98 Å². The lowest BCUT2D eigenvalue weighted by molar-refractivity contribution is 0.0683. The van der Waals surface area contributed by atoms with Gasteiger partial charge in [-0.3, -0.25) is 0 Å². The molecule has 2 aromatic rings. The zero-order valence-corrected chi connectivity index (χ0v) is 10.9. The van der Waals surface area contributed by atoms with Crippen LogP contribution in [0.25, 0.3) is 11.5 Å². The summed E-state index contributed by atoms with van der Waals surface area (Å²) < 4.78 is 15.9. The molecule has 6 nitrogen and oxygen atoms in total. The summed E-state index contributed by atoms with van der Waals surface area (Å²) >= 11 is 0. The van der Waals surface area contributed by atoms with Gasteiger partial charge >= 0.3 is 11.9 Å². The number of nitrogens with zero attached hydrogens (tertiary/aromatic N) is 1. The number of carboxylic acids is 1. The summed E-state index contributed by atoms with van der Waals surface area (Å²) in [5, 5.41) is 9.08. The molecule has 1 aromatic carbocycles. The van der Waals surface area contributed by atoms with E-state index in [-0.39, 0.29) is 17.5 Å². The van der Waals surface area contributed by atoms with Crippen LogP contribution in [0.2, 0.25) is 0 Å². The summed E-state index contributed by atoms with van der Waals surface area (Å²) in [7, 11) is 0. The lowest BCUT2D eigenvalue weighted by Crippen LogP contribution is -2.01. The van der Waals surface area contributed by atoms with Crippen LogP contribution in [0.15, 0.2) is 22.6 Å². The second-order valence-electron chi connectivity index (χ2n) is 4.37. The van der Waals surface area contributed by atoms with Gasteiger partial charge in [-0.25, -0.2) is 4.79 Å². The van der Waals surface area contributed by atoms with E-state index in [0.717, 1.165) is 11.1 Å². The summed E-state index contributed by atoms with van der Waals surface area (Å²) in [6, 6.07) is 5.67. The van der Waals surface area contributed by atoms with E-state index in [1.54, 1.807) is 6.92 Å². The lowest BCUT2D eigenvalue weighted by Gasteiger charge is -2.00. The molecular formula is C14H13NO5. The number of carbonyl (C=O) groups is 1. The highest BCUT2D eigenvalue weighted by Crippen LogP contribution is 2.30. The van der Waals surface area contributed by atoms with Crippen molar-refractivity contribution in [2.45, 2.75) is 20.1 Å². The smallest absolute Gasteiger partial charge is 0.362 e. The quantitative estimate of drug-likeness (QED) is 0.923. The van der Waals surface area contributed by atoms with Crippen molar-refractivity contribution >= 4 is 5.97 Å². The maximum Gasteiger partial charge on any atom is 0.362 e. The minimum Gasteiger partial charge on any atom is -0.476 e. The second-order valence-corrected chi connectivity index (χ2v) is 4.37. The third-order valence-corrected chi connectivity index (χ3v) is 3.04. The van der Waals surface area contributed by atoms with Crippen LogP contribution in [-0.4, -0.2) is 22.7 Å². The normalized spacial score (nSPS) is 13.2. The average molecular weight is 275 g/mol. The van der Waals surface area contributed by atoms with Gasteiger partial charge < -0.3 is 19.0 Å². The van der Waals surface area contributed by atoms with E-state index < -0.39 is 5.97 Å². The van der Waals surface area contributed by atoms with E-state index >= 15 is 0 Å². The fourth-order valence-corrected chi connectivity index (χ4v) is 2.10. The fourth-order valence-electron chi connectivity index (χ4n) is 2.10. The Hall–Kier alpha value is -2.34. The van der Waals surface area contributed by atoms with Gasteiger partial charge in [-0.05, 0) is 30.2 Å². The highest BCUT2D eigenvalue weighted by Gasteiger charge is 2.22. The molecule has 2 heterocycles. The van der Waals surface area contributed by atoms with Gasteiger partial charge in [0.1, 0.15) is 0 Å². The molecule has 0 amide bonds. The second kappa shape index (κ2) is 4.97. The van der Waals surface area contributed by atoms with Crippen LogP contribution in [0.3, 0.4) is 0 Å². The number of rotatable bonds is 4. The maximum absolute atomic E-state index is 11.1. The van der Waals surface area contributed by atoms with Gasteiger partial charge in [0.05, 0.1) is 19.8 Å². The molecule has 1 aliphatic heterocycles. The van der Waals surface area contributed by atoms with Crippen molar-refractivity contribution in [1.82, 2.24) is 4.98 Å². The summed E-state index contributed by atoms with van der Waals surface area (Å²) in [5.41, 5.74) is 2.70. The lowest BCUT2D eigenvalue weighted by atomic mass is 10.1. The molecule has 6 heteroatoms. The Morgan fingerprint density at radius 2 is 2.20 bits per heavy atom. The molecule has 1 N–H and O–H groups in total. The molecule has 1 aliphatic rings. The zero-order chi connectivity index (χ0) is 14.1. The Bertz CT molecular complexity index is 662. The minimum atomic E-state index is -1.17. The van der Waals surface area contributed by atoms with Crippen molar-refractivity contribution in [3.05, 3.63) is 35.0 Å². The van der Waals surface area contributed by atoms with Crippen LogP contribution < -0.4 is 4.74 Å². The first-order chi connectivity index (χ1) is 9.69. The Labute approximate surface area is 115 Å². The molecule has 0 atom stereocenters. The summed E-state index contributed by atoms with van der Waals surface area (Å²) in [6.45, 7) is 3.22. The van der Waals surface area contributed by atoms with Gasteiger partial charge in [-0.2, -0.15) is 4.98 Å². The largest absolute Gasteiger partial charge is 0.476 e. The zero-order valence-electron chi connectivity index (χ0n) is 10.9. The van der Waals surface area contributed by atoms with Crippen LogP contribution in [-0.2, 0) is 18.0 Å². The molecule has 104 valence electrons. The first kappa shape index (κ1) is 12.7. The third kappa shape index (κ3) is 2.14. The first-order valence-corrected chi connectivity index (χ1v) is 6.26. The number of hydrogen-bond acceptors (Lipinski definition) is 5. The van der Waals surface area contributed by atoms with E-state index in [4.69, 9.17) is 19.0 Å². The molecule has 0 saturated carbocycles. The number of carboxylic acid groups (broad SMARTS) is 1. The minimum absolute atomic E-state index is 0.0632. The first-order valence-electron chi connectivity index (χ1n) is 6.26. The third-order valence-electron chi connectivity index (χ3n) is 3.04. The van der Waals surface area contributed by atoms with Gasteiger partial charge in [-0.1, -0.05) is 6.07 Å². The number of aromatic nitrogens is 1. The summed E-state index contributed by atoms with van der Waals surface area (Å²) in [5.74, 6) is -1.000. The van der Waals surface area contributed by atoms with Gasteiger partial charge in [0.15, 0.2) is 0 Å². The molecule has 0 radical (unpaired) electrons. The Balaban J connectivity index is 2.01. The number of aromatic carboxylic acids is 1. The number of ether oxygens (including phenoxy) is 2. The number of benzene rings is 1. The average Bonchev–Trinajstić information content (AvgIpc) is 3.04. The molecule has 20 heavy (non-hydrogen) atoms. The van der Waals surface area contributed by atoms with E-state index in [1.807, 2.05) is 18.2 Å². The van der Waals surface area contributed by atoms with E-state index in [0.29, 0.717) is 25.4 Å². The van der Waals surface area contributed by atoms with Crippen molar-refractivity contribution in [3.63, 3.8) is 0 Å². The topological polar surface area (TPSA) is 81.8 Å². The van der Waals surface area contributed by atoms with Gasteiger partial charge in [0, 0.05) is 5.56 Å². The predicted octanol–water partition coefficient (Wildman–Crippen LogP) is 2.47. The molecule has 0 unspecified atom stereocenters. The highest BCUT2D eigenvalue weighted by atomic mass is 16.6. The standard InChI is InChI=1S/C14H13NO5/c1-2-19-14-11(13(16)17)15-12(20-14)8-3-4-9-6-18-7-10(9)5-8/h3-5H,2,6-7H2,1H3,(H,16,17). The monoisotopic (exact) mass is 275 g/mol. The van der Waals surface area contributed by atoms with Crippen molar-refractivity contribution in [2.24, 2.45) is 0 Å².